The Kier molecular flexibility index (Phi) is 3.16. The van der Waals surface area contributed by atoms with Gasteiger partial charge in [0, 0.05) is 11.5 Å². The van der Waals surface area contributed by atoms with Crippen LogP contribution in [0.5, 0.6) is 0 Å². The number of carbonyl (C=O) groups excluding carboxylic acids is 1. The zero-order valence-corrected chi connectivity index (χ0v) is 12.6. The fraction of sp³-hybridized carbons (Fsp3) is 0.421. The number of rotatable bonds is 2. The maximum Gasteiger partial charge on any atom is 0.167 e. The molecule has 2 aromatic rings. The minimum atomic E-state index is 0.142. The van der Waals surface area contributed by atoms with Crippen molar-refractivity contribution in [3.8, 4) is 0 Å². The van der Waals surface area contributed by atoms with Gasteiger partial charge in [-0.3, -0.25) is 4.79 Å². The standard InChI is InChI=1S/C19H22O/c1-13-10-11-16(15-8-5-4-7-14(13)15)18(20)17-9-6-12-19(17,2)3/h4-5,7-8,10-11,17H,6,9,12H2,1-3H3. The molecule has 1 aliphatic rings. The predicted octanol–water partition coefficient (Wildman–Crippen LogP) is 5.16. The van der Waals surface area contributed by atoms with Crippen molar-refractivity contribution >= 4 is 16.6 Å². The fourth-order valence-electron chi connectivity index (χ4n) is 3.67. The molecule has 0 heterocycles. The second-order valence-corrected chi connectivity index (χ2v) is 6.77. The molecule has 20 heavy (non-hydrogen) atoms. The Balaban J connectivity index is 2.11. The van der Waals surface area contributed by atoms with E-state index in [-0.39, 0.29) is 11.3 Å². The van der Waals surface area contributed by atoms with Crippen molar-refractivity contribution in [3.63, 3.8) is 0 Å². The molecule has 0 aliphatic heterocycles. The van der Waals surface area contributed by atoms with E-state index in [4.69, 9.17) is 0 Å². The lowest BCUT2D eigenvalue weighted by molar-refractivity contribution is 0.0841. The molecule has 1 saturated carbocycles. The quantitative estimate of drug-likeness (QED) is 0.686. The summed E-state index contributed by atoms with van der Waals surface area (Å²) in [5.74, 6) is 0.511. The summed E-state index contributed by atoms with van der Waals surface area (Å²) in [5.41, 5.74) is 2.29. The lowest BCUT2D eigenvalue weighted by atomic mass is 9.77. The van der Waals surface area contributed by atoms with Gasteiger partial charge in [-0.05, 0) is 41.5 Å². The molecular weight excluding hydrogens is 244 g/mol. The third-order valence-electron chi connectivity index (χ3n) is 4.98. The SMILES string of the molecule is Cc1ccc(C(=O)C2CCCC2(C)C)c2ccccc12. The Bertz CT molecular complexity index is 667. The molecule has 0 aromatic heterocycles. The summed E-state index contributed by atoms with van der Waals surface area (Å²) in [7, 11) is 0. The first-order valence-electron chi connectivity index (χ1n) is 7.53. The number of carbonyl (C=O) groups is 1. The van der Waals surface area contributed by atoms with E-state index < -0.39 is 0 Å². The van der Waals surface area contributed by atoms with E-state index in [0.717, 1.165) is 23.8 Å². The number of aryl methyl sites for hydroxylation is 1. The van der Waals surface area contributed by atoms with E-state index in [2.05, 4.69) is 39.0 Å². The minimum Gasteiger partial charge on any atom is -0.294 e. The van der Waals surface area contributed by atoms with E-state index in [1.165, 1.54) is 17.4 Å². The highest BCUT2D eigenvalue weighted by atomic mass is 16.1. The third-order valence-corrected chi connectivity index (χ3v) is 4.98. The molecule has 3 rings (SSSR count). The molecule has 0 spiro atoms. The highest BCUT2D eigenvalue weighted by Gasteiger charge is 2.39. The van der Waals surface area contributed by atoms with Crippen LogP contribution in [0, 0.1) is 18.3 Å². The summed E-state index contributed by atoms with van der Waals surface area (Å²) >= 11 is 0. The summed E-state index contributed by atoms with van der Waals surface area (Å²) in [5, 5.41) is 2.31. The first kappa shape index (κ1) is 13.4. The van der Waals surface area contributed by atoms with Gasteiger partial charge in [-0.15, -0.1) is 0 Å². The van der Waals surface area contributed by atoms with Crippen LogP contribution in [0.3, 0.4) is 0 Å². The van der Waals surface area contributed by atoms with Crippen molar-refractivity contribution in [2.45, 2.75) is 40.0 Å². The van der Waals surface area contributed by atoms with Crippen molar-refractivity contribution in [2.75, 3.05) is 0 Å². The van der Waals surface area contributed by atoms with Crippen molar-refractivity contribution in [1.82, 2.24) is 0 Å². The number of benzene rings is 2. The molecular formula is C19H22O. The zero-order chi connectivity index (χ0) is 14.3. The molecule has 2 aromatic carbocycles. The normalized spacial score (nSPS) is 21.2. The van der Waals surface area contributed by atoms with Crippen LogP contribution in [0.1, 0.15) is 49.0 Å². The molecule has 1 fully saturated rings. The van der Waals surface area contributed by atoms with Crippen LogP contribution in [0.25, 0.3) is 10.8 Å². The first-order chi connectivity index (χ1) is 9.50. The molecule has 0 bridgehead atoms. The van der Waals surface area contributed by atoms with Crippen LogP contribution in [0.4, 0.5) is 0 Å². The van der Waals surface area contributed by atoms with E-state index in [0.29, 0.717) is 5.78 Å². The van der Waals surface area contributed by atoms with Gasteiger partial charge in [0.25, 0.3) is 0 Å². The van der Waals surface area contributed by atoms with Gasteiger partial charge in [0.05, 0.1) is 0 Å². The predicted molar refractivity (Wildman–Crippen MR) is 84.1 cm³/mol. The molecule has 0 amide bonds. The summed E-state index contributed by atoms with van der Waals surface area (Å²) in [6, 6.07) is 12.4. The van der Waals surface area contributed by atoms with E-state index in [9.17, 15) is 4.79 Å². The highest BCUT2D eigenvalue weighted by Crippen LogP contribution is 2.44. The van der Waals surface area contributed by atoms with Gasteiger partial charge >= 0.3 is 0 Å². The van der Waals surface area contributed by atoms with Crippen molar-refractivity contribution in [2.24, 2.45) is 11.3 Å². The van der Waals surface area contributed by atoms with Crippen molar-refractivity contribution < 1.29 is 4.79 Å². The molecule has 0 radical (unpaired) electrons. The second-order valence-electron chi connectivity index (χ2n) is 6.77. The first-order valence-corrected chi connectivity index (χ1v) is 7.53. The van der Waals surface area contributed by atoms with Gasteiger partial charge < -0.3 is 0 Å². The second kappa shape index (κ2) is 4.73. The molecule has 104 valence electrons. The van der Waals surface area contributed by atoms with Gasteiger partial charge in [-0.25, -0.2) is 0 Å². The fourth-order valence-corrected chi connectivity index (χ4v) is 3.67. The Morgan fingerprint density at radius 3 is 2.45 bits per heavy atom. The van der Waals surface area contributed by atoms with Gasteiger partial charge in [-0.2, -0.15) is 0 Å². The van der Waals surface area contributed by atoms with Crippen LogP contribution in [-0.4, -0.2) is 5.78 Å². The van der Waals surface area contributed by atoms with Crippen LogP contribution in [-0.2, 0) is 0 Å². The smallest absolute Gasteiger partial charge is 0.167 e. The lowest BCUT2D eigenvalue weighted by Gasteiger charge is -2.26. The Morgan fingerprint density at radius 1 is 1.10 bits per heavy atom. The van der Waals surface area contributed by atoms with Crippen LogP contribution in [0.15, 0.2) is 36.4 Å². The zero-order valence-electron chi connectivity index (χ0n) is 12.6. The maximum atomic E-state index is 13.0. The third kappa shape index (κ3) is 2.06. The monoisotopic (exact) mass is 266 g/mol. The maximum absolute atomic E-state index is 13.0. The number of hydrogen-bond acceptors (Lipinski definition) is 1. The molecule has 0 saturated heterocycles. The molecule has 1 unspecified atom stereocenters. The van der Waals surface area contributed by atoms with E-state index >= 15 is 0 Å². The van der Waals surface area contributed by atoms with Crippen LogP contribution >= 0.6 is 0 Å². The summed E-state index contributed by atoms with van der Waals surface area (Å²) in [4.78, 5) is 13.0. The van der Waals surface area contributed by atoms with Crippen LogP contribution < -0.4 is 0 Å². The van der Waals surface area contributed by atoms with Gasteiger partial charge in [0.1, 0.15) is 0 Å². The average molecular weight is 266 g/mol. The van der Waals surface area contributed by atoms with E-state index in [1.807, 2.05) is 18.2 Å². The minimum absolute atomic E-state index is 0.142. The number of fused-ring (bicyclic) bond motifs is 1. The topological polar surface area (TPSA) is 17.1 Å². The molecule has 1 nitrogen and oxygen atoms in total. The van der Waals surface area contributed by atoms with Gasteiger partial charge in [0.15, 0.2) is 5.78 Å². The lowest BCUT2D eigenvalue weighted by Crippen LogP contribution is -2.26. The largest absolute Gasteiger partial charge is 0.294 e. The number of hydrogen-bond donors (Lipinski definition) is 0. The summed E-state index contributed by atoms with van der Waals surface area (Å²) < 4.78 is 0. The van der Waals surface area contributed by atoms with Gasteiger partial charge in [-0.1, -0.05) is 56.7 Å². The van der Waals surface area contributed by atoms with E-state index in [1.54, 1.807) is 0 Å². The summed E-state index contributed by atoms with van der Waals surface area (Å²) in [6.45, 7) is 6.58. The molecule has 0 N–H and O–H groups in total. The van der Waals surface area contributed by atoms with Crippen molar-refractivity contribution in [1.29, 1.82) is 0 Å². The van der Waals surface area contributed by atoms with Gasteiger partial charge in [0.2, 0.25) is 0 Å². The average Bonchev–Trinajstić information content (AvgIpc) is 2.78. The Hall–Kier alpha value is -1.63. The van der Waals surface area contributed by atoms with Crippen LogP contribution in [0.2, 0.25) is 0 Å². The number of Topliss-reactive ketones (excluding diaryl/α,β-unsaturated/α-hetero) is 1. The van der Waals surface area contributed by atoms with Crippen molar-refractivity contribution in [3.05, 3.63) is 47.5 Å². The Morgan fingerprint density at radius 2 is 1.80 bits per heavy atom. The molecule has 1 aliphatic carbocycles. The number of ketones is 1. The summed E-state index contributed by atoms with van der Waals surface area (Å²) in [6.07, 6.45) is 3.37. The molecule has 1 heteroatoms. The highest BCUT2D eigenvalue weighted by molar-refractivity contribution is 6.10. The Labute approximate surface area is 121 Å². The molecule has 1 atom stereocenters.